The van der Waals surface area contributed by atoms with E-state index in [0.717, 1.165) is 12.8 Å². The smallest absolute Gasteiger partial charge is 0.322 e. The zero-order chi connectivity index (χ0) is 21.2. The van der Waals surface area contributed by atoms with Crippen LogP contribution in [0, 0.1) is 5.92 Å². The number of hydrogen-bond acceptors (Lipinski definition) is 4. The molecule has 1 aromatic rings. The average molecular weight is 413 g/mol. The van der Waals surface area contributed by atoms with Gasteiger partial charge in [0.05, 0.1) is 0 Å². The summed E-state index contributed by atoms with van der Waals surface area (Å²) in [5.74, 6) is -0.295. The Morgan fingerprint density at radius 1 is 1.10 bits per heavy atom. The minimum absolute atomic E-state index is 0.0648. The summed E-state index contributed by atoms with van der Waals surface area (Å²) in [5.41, 5.74) is 0.373. The maximum atomic E-state index is 12.9. The molecule has 7 heteroatoms. The number of amides is 4. The van der Waals surface area contributed by atoms with Crippen LogP contribution in [0.4, 0.5) is 4.79 Å². The molecule has 7 nitrogen and oxygen atoms in total. The molecule has 0 bridgehead atoms. The van der Waals surface area contributed by atoms with Crippen LogP contribution >= 0.6 is 0 Å². The zero-order valence-corrected chi connectivity index (χ0v) is 17.6. The Labute approximate surface area is 177 Å². The molecule has 1 heterocycles. The Kier molecular flexibility index (Phi) is 5.82. The van der Waals surface area contributed by atoms with Gasteiger partial charge in [0.15, 0.2) is 0 Å². The van der Waals surface area contributed by atoms with Crippen LogP contribution in [-0.2, 0) is 9.59 Å². The number of carbonyl (C=O) groups excluding carboxylic acids is 3. The number of carbonyl (C=O) groups is 3. The van der Waals surface area contributed by atoms with Crippen LogP contribution in [0.15, 0.2) is 30.3 Å². The minimum Gasteiger partial charge on any atom is -0.354 e. The summed E-state index contributed by atoms with van der Waals surface area (Å²) in [6.07, 6.45) is 6.71. The fourth-order valence-corrected chi connectivity index (χ4v) is 5.36. The van der Waals surface area contributed by atoms with E-state index < -0.39 is 11.6 Å². The summed E-state index contributed by atoms with van der Waals surface area (Å²) in [4.78, 5) is 36.5. The highest BCUT2D eigenvalue weighted by molar-refractivity contribution is 6.07. The Bertz CT molecular complexity index is 796. The van der Waals surface area contributed by atoms with E-state index in [2.05, 4.69) is 52.5 Å². The first-order valence-electron chi connectivity index (χ1n) is 11.2. The Morgan fingerprint density at radius 3 is 2.37 bits per heavy atom. The number of imide groups is 1. The van der Waals surface area contributed by atoms with E-state index in [9.17, 15) is 14.4 Å². The van der Waals surface area contributed by atoms with Crippen molar-refractivity contribution in [2.75, 3.05) is 6.54 Å². The molecule has 1 atom stereocenters. The van der Waals surface area contributed by atoms with Crippen LogP contribution in [0.3, 0.4) is 0 Å². The molecule has 3 fully saturated rings. The number of benzene rings is 1. The number of nitrogens with one attached hydrogen (secondary N) is 4. The second-order valence-corrected chi connectivity index (χ2v) is 9.25. The van der Waals surface area contributed by atoms with E-state index in [-0.39, 0.29) is 29.3 Å². The number of rotatable bonds is 6. The molecule has 0 radical (unpaired) electrons. The highest BCUT2D eigenvalue weighted by Gasteiger charge is 2.49. The fraction of sp³-hybridized carbons (Fsp3) is 0.609. The summed E-state index contributed by atoms with van der Waals surface area (Å²) in [5, 5.41) is 12.1. The van der Waals surface area contributed by atoms with Crippen molar-refractivity contribution >= 4 is 17.8 Å². The molecule has 2 saturated carbocycles. The highest BCUT2D eigenvalue weighted by Crippen LogP contribution is 2.35. The van der Waals surface area contributed by atoms with Gasteiger partial charge in [-0.15, -0.1) is 0 Å². The molecule has 0 aromatic heterocycles. The lowest BCUT2D eigenvalue weighted by atomic mass is 9.76. The van der Waals surface area contributed by atoms with Crippen molar-refractivity contribution in [3.8, 4) is 0 Å². The lowest BCUT2D eigenvalue weighted by Crippen LogP contribution is -2.54. The highest BCUT2D eigenvalue weighted by atomic mass is 16.2. The first kappa shape index (κ1) is 20.8. The van der Waals surface area contributed by atoms with E-state index in [1.54, 1.807) is 0 Å². The first-order valence-corrected chi connectivity index (χ1v) is 11.2. The predicted molar refractivity (Wildman–Crippen MR) is 114 cm³/mol. The largest absolute Gasteiger partial charge is 0.354 e. The third-order valence-electron chi connectivity index (χ3n) is 7.21. The lowest BCUT2D eigenvalue weighted by Gasteiger charge is -2.36. The topological polar surface area (TPSA) is 99.3 Å². The van der Waals surface area contributed by atoms with Crippen LogP contribution < -0.4 is 21.3 Å². The van der Waals surface area contributed by atoms with E-state index in [0.29, 0.717) is 32.2 Å². The molecule has 4 amide bonds. The SMILES string of the molecule is CC(NC1(CNC(=O)C2CCC3(CC2)NC(=O)NC3=O)CCCC1)c1ccccc1. The van der Waals surface area contributed by atoms with Crippen molar-refractivity contribution in [2.45, 2.75) is 75.4 Å². The van der Waals surface area contributed by atoms with Gasteiger partial charge < -0.3 is 16.0 Å². The van der Waals surface area contributed by atoms with Gasteiger partial charge in [-0.2, -0.15) is 0 Å². The van der Waals surface area contributed by atoms with Crippen LogP contribution in [0.25, 0.3) is 0 Å². The molecule has 1 aliphatic heterocycles. The van der Waals surface area contributed by atoms with Gasteiger partial charge in [-0.05, 0) is 51.0 Å². The van der Waals surface area contributed by atoms with Crippen LogP contribution in [-0.4, -0.2) is 35.5 Å². The van der Waals surface area contributed by atoms with Crippen molar-refractivity contribution in [2.24, 2.45) is 5.92 Å². The molecule has 1 spiro atoms. The van der Waals surface area contributed by atoms with Gasteiger partial charge in [-0.3, -0.25) is 14.9 Å². The van der Waals surface area contributed by atoms with Crippen molar-refractivity contribution in [1.82, 2.24) is 21.3 Å². The van der Waals surface area contributed by atoms with Crippen LogP contribution in [0.2, 0.25) is 0 Å². The van der Waals surface area contributed by atoms with Crippen molar-refractivity contribution in [3.63, 3.8) is 0 Å². The molecule has 4 N–H and O–H groups in total. The Balaban J connectivity index is 1.32. The van der Waals surface area contributed by atoms with Gasteiger partial charge in [0.2, 0.25) is 5.91 Å². The van der Waals surface area contributed by atoms with Gasteiger partial charge >= 0.3 is 6.03 Å². The van der Waals surface area contributed by atoms with E-state index in [1.807, 2.05) is 6.07 Å². The molecule has 2 aliphatic carbocycles. The summed E-state index contributed by atoms with van der Waals surface area (Å²) < 4.78 is 0. The first-order chi connectivity index (χ1) is 14.4. The third kappa shape index (κ3) is 4.21. The molecule has 1 saturated heterocycles. The van der Waals surface area contributed by atoms with Gasteiger partial charge in [-0.25, -0.2) is 4.79 Å². The summed E-state index contributed by atoms with van der Waals surface area (Å²) in [6, 6.07) is 10.2. The second kappa shape index (κ2) is 8.38. The van der Waals surface area contributed by atoms with Gasteiger partial charge in [0, 0.05) is 24.0 Å². The minimum atomic E-state index is -0.812. The fourth-order valence-electron chi connectivity index (χ4n) is 5.36. The van der Waals surface area contributed by atoms with Crippen LogP contribution in [0.1, 0.15) is 69.9 Å². The summed E-state index contributed by atoms with van der Waals surface area (Å²) in [6.45, 7) is 2.81. The molecule has 4 rings (SSSR count). The summed E-state index contributed by atoms with van der Waals surface area (Å²) in [7, 11) is 0. The molecular weight excluding hydrogens is 380 g/mol. The Morgan fingerprint density at radius 2 is 1.77 bits per heavy atom. The second-order valence-electron chi connectivity index (χ2n) is 9.25. The monoisotopic (exact) mass is 412 g/mol. The van der Waals surface area contributed by atoms with E-state index in [1.165, 1.54) is 18.4 Å². The van der Waals surface area contributed by atoms with Crippen LogP contribution in [0.5, 0.6) is 0 Å². The molecule has 1 aromatic carbocycles. The molecule has 1 unspecified atom stereocenters. The van der Waals surface area contributed by atoms with E-state index in [4.69, 9.17) is 0 Å². The molecule has 3 aliphatic rings. The number of urea groups is 1. The standard InChI is InChI=1S/C23H32N4O3/c1-16(17-7-3-2-4-8-17)26-22(11-5-6-12-22)15-24-19(28)18-9-13-23(14-10-18)20(29)25-21(30)27-23/h2-4,7-8,16,18,26H,5-6,9-15H2,1H3,(H,24,28)(H2,25,27,29,30). The maximum Gasteiger partial charge on any atom is 0.322 e. The zero-order valence-electron chi connectivity index (χ0n) is 17.6. The quantitative estimate of drug-likeness (QED) is 0.540. The van der Waals surface area contributed by atoms with E-state index >= 15 is 0 Å². The van der Waals surface area contributed by atoms with Crippen molar-refractivity contribution in [3.05, 3.63) is 35.9 Å². The molecule has 162 valence electrons. The Hall–Kier alpha value is -2.41. The normalized spacial score (nSPS) is 28.8. The van der Waals surface area contributed by atoms with Gasteiger partial charge in [-0.1, -0.05) is 43.2 Å². The molecule has 30 heavy (non-hydrogen) atoms. The van der Waals surface area contributed by atoms with Crippen molar-refractivity contribution < 1.29 is 14.4 Å². The lowest BCUT2D eigenvalue weighted by molar-refractivity contribution is -0.130. The maximum absolute atomic E-state index is 12.9. The van der Waals surface area contributed by atoms with Gasteiger partial charge in [0.25, 0.3) is 5.91 Å². The molecular formula is C23H32N4O3. The van der Waals surface area contributed by atoms with Gasteiger partial charge in [0.1, 0.15) is 5.54 Å². The third-order valence-corrected chi connectivity index (χ3v) is 7.21. The average Bonchev–Trinajstić information content (AvgIpc) is 3.32. The number of hydrogen-bond donors (Lipinski definition) is 4. The van der Waals surface area contributed by atoms with Crippen molar-refractivity contribution in [1.29, 1.82) is 0 Å². The predicted octanol–water partition coefficient (Wildman–Crippen LogP) is 2.53. The summed E-state index contributed by atoms with van der Waals surface area (Å²) >= 11 is 0.